The maximum absolute atomic E-state index is 11.9. The third-order valence-corrected chi connectivity index (χ3v) is 7.38. The lowest BCUT2D eigenvalue weighted by molar-refractivity contribution is -0.952. The van der Waals surface area contributed by atoms with Crippen LogP contribution in [0, 0.1) is 0 Å². The third-order valence-electron chi connectivity index (χ3n) is 6.66. The van der Waals surface area contributed by atoms with Gasteiger partial charge in [0.2, 0.25) is 0 Å². The number of carbonyl (C=O) groups is 1. The fourth-order valence-electron chi connectivity index (χ4n) is 3.71. The first-order chi connectivity index (χ1) is 12.9. The summed E-state index contributed by atoms with van der Waals surface area (Å²) in [6, 6.07) is 0.0801. The molecule has 0 amide bonds. The molecule has 0 saturated heterocycles. The van der Waals surface area contributed by atoms with Crippen LogP contribution < -0.4 is 0 Å². The van der Waals surface area contributed by atoms with Crippen LogP contribution in [-0.2, 0) is 14.9 Å². The highest BCUT2D eigenvalue weighted by molar-refractivity contribution is 7.85. The second-order valence-electron chi connectivity index (χ2n) is 8.97. The summed E-state index contributed by atoms with van der Waals surface area (Å²) in [6.45, 7) is 5.84. The van der Waals surface area contributed by atoms with E-state index in [0.29, 0.717) is 0 Å². The van der Waals surface area contributed by atoms with Crippen molar-refractivity contribution in [2.75, 3.05) is 19.8 Å². The summed E-state index contributed by atoms with van der Waals surface area (Å²) < 4.78 is 31.5. The quantitative estimate of drug-likeness (QED) is 0.198. The number of aliphatic carboxylic acids is 1. The van der Waals surface area contributed by atoms with Crippen LogP contribution in [0.25, 0.3) is 0 Å². The van der Waals surface area contributed by atoms with Crippen molar-refractivity contribution < 1.29 is 27.4 Å². The van der Waals surface area contributed by atoms with Gasteiger partial charge in [0, 0.05) is 13.3 Å². The minimum atomic E-state index is -4.19. The van der Waals surface area contributed by atoms with Crippen molar-refractivity contribution in [3.63, 3.8) is 0 Å². The van der Waals surface area contributed by atoms with Crippen LogP contribution in [0.5, 0.6) is 0 Å². The number of hydrogen-bond acceptors (Lipinski definition) is 3. The Morgan fingerprint density at radius 2 is 1.39 bits per heavy atom. The van der Waals surface area contributed by atoms with E-state index in [9.17, 15) is 18.3 Å². The van der Waals surface area contributed by atoms with Crippen LogP contribution in [0.15, 0.2) is 0 Å². The minimum absolute atomic E-state index is 0.0801. The fourth-order valence-corrected chi connectivity index (χ4v) is 4.36. The van der Waals surface area contributed by atoms with Crippen molar-refractivity contribution in [3.05, 3.63) is 0 Å². The van der Waals surface area contributed by atoms with E-state index in [0.717, 1.165) is 19.3 Å². The first-order valence-electron chi connectivity index (χ1n) is 10.9. The molecule has 2 unspecified atom stereocenters. The molecule has 168 valence electrons. The van der Waals surface area contributed by atoms with Crippen LogP contribution in [0.1, 0.15) is 97.8 Å². The van der Waals surface area contributed by atoms with Gasteiger partial charge in [0.25, 0.3) is 10.1 Å². The number of likely N-dealkylation sites (N-methyl/N-ethyl adjacent to an activating group) is 1. The molecule has 0 aliphatic rings. The van der Waals surface area contributed by atoms with E-state index in [1.165, 1.54) is 51.4 Å². The number of nitrogens with zero attached hydrogens (tertiary/aromatic N) is 1. The molecule has 0 heterocycles. The highest BCUT2D eigenvalue weighted by Gasteiger charge is 2.51. The van der Waals surface area contributed by atoms with Crippen LogP contribution in [0.4, 0.5) is 0 Å². The van der Waals surface area contributed by atoms with E-state index in [1.54, 1.807) is 6.92 Å². The monoisotopic (exact) mass is 422 g/mol. The number of carboxylic acid groups (broad SMARTS) is 1. The topological polar surface area (TPSA) is 91.7 Å². The van der Waals surface area contributed by atoms with Crippen molar-refractivity contribution in [2.45, 2.75) is 109 Å². The summed E-state index contributed by atoms with van der Waals surface area (Å²) >= 11 is 0. The lowest BCUT2D eigenvalue weighted by Gasteiger charge is -2.48. The largest absolute Gasteiger partial charge is 0.477 e. The summed E-state index contributed by atoms with van der Waals surface area (Å²) in [5.74, 6) is -1.57. The molecular weight excluding hydrogens is 378 g/mol. The molecule has 0 aromatic heterocycles. The van der Waals surface area contributed by atoms with Gasteiger partial charge >= 0.3 is 5.97 Å². The number of carboxylic acids is 1. The van der Waals surface area contributed by atoms with Crippen molar-refractivity contribution in [2.24, 2.45) is 0 Å². The van der Waals surface area contributed by atoms with Crippen molar-refractivity contribution in [3.8, 4) is 0 Å². The Balaban J connectivity index is 4.39. The van der Waals surface area contributed by atoms with Gasteiger partial charge in [-0.05, 0) is 19.8 Å². The van der Waals surface area contributed by atoms with Crippen LogP contribution in [0.2, 0.25) is 0 Å². The second-order valence-corrected chi connectivity index (χ2v) is 10.5. The van der Waals surface area contributed by atoms with Gasteiger partial charge in [-0.3, -0.25) is 4.55 Å². The molecule has 0 fully saturated rings. The maximum Gasteiger partial charge on any atom is 0.365 e. The van der Waals surface area contributed by atoms with Gasteiger partial charge in [-0.25, -0.2) is 4.79 Å². The van der Waals surface area contributed by atoms with Crippen molar-refractivity contribution in [1.82, 2.24) is 0 Å². The zero-order valence-corrected chi connectivity index (χ0v) is 19.6. The maximum atomic E-state index is 11.9. The standard InChI is InChI=1S/C21H43NO5S/c1-6-7-8-9-10-11-12-13-14-15-16-19(2)22(4,5)21(3,20(23)24)17-18-28(25,26)27/h19H,6-18H2,1-5H3,(H-,23,24,25,26,27)/p+1. The highest BCUT2D eigenvalue weighted by atomic mass is 32.2. The molecule has 0 aromatic carbocycles. The average Bonchev–Trinajstić information content (AvgIpc) is 2.59. The van der Waals surface area contributed by atoms with Gasteiger partial charge in [0.15, 0.2) is 5.54 Å². The van der Waals surface area contributed by atoms with Crippen LogP contribution >= 0.6 is 0 Å². The third kappa shape index (κ3) is 9.70. The lowest BCUT2D eigenvalue weighted by Crippen LogP contribution is -2.66. The zero-order chi connectivity index (χ0) is 21.8. The summed E-state index contributed by atoms with van der Waals surface area (Å²) in [4.78, 5) is 11.9. The van der Waals surface area contributed by atoms with Gasteiger partial charge in [0.1, 0.15) is 0 Å². The van der Waals surface area contributed by atoms with Gasteiger partial charge in [0.05, 0.1) is 25.9 Å². The molecule has 7 heteroatoms. The molecule has 0 saturated carbocycles. The summed E-state index contributed by atoms with van der Waals surface area (Å²) in [6.07, 6.45) is 13.4. The smallest absolute Gasteiger partial charge is 0.365 e. The Hall–Kier alpha value is -0.660. The Kier molecular flexibility index (Phi) is 12.5. The Bertz CT molecular complexity index is 547. The van der Waals surface area contributed by atoms with E-state index in [-0.39, 0.29) is 16.9 Å². The number of hydrogen-bond donors (Lipinski definition) is 2. The predicted molar refractivity (Wildman–Crippen MR) is 115 cm³/mol. The van der Waals surface area contributed by atoms with Crippen molar-refractivity contribution >= 4 is 16.1 Å². The molecule has 6 nitrogen and oxygen atoms in total. The Morgan fingerprint density at radius 3 is 1.79 bits per heavy atom. The zero-order valence-electron chi connectivity index (χ0n) is 18.7. The molecular formula is C21H44NO5S+. The Labute approximate surface area is 173 Å². The fraction of sp³-hybridized carbons (Fsp3) is 0.952. The lowest BCUT2D eigenvalue weighted by atomic mass is 9.90. The molecule has 28 heavy (non-hydrogen) atoms. The molecule has 0 radical (unpaired) electrons. The first-order valence-corrected chi connectivity index (χ1v) is 12.5. The molecule has 0 aliphatic carbocycles. The molecule has 0 aromatic rings. The highest BCUT2D eigenvalue weighted by Crippen LogP contribution is 2.31. The SMILES string of the molecule is CCCCCCCCCCCCC(C)[N+](C)(C)C(C)(CCS(=O)(=O)O)C(=O)O. The molecule has 0 spiro atoms. The molecule has 2 atom stereocenters. The van der Waals surface area contributed by atoms with E-state index < -0.39 is 27.4 Å². The number of rotatable bonds is 17. The summed E-state index contributed by atoms with van der Waals surface area (Å²) in [5.41, 5.74) is -1.27. The van der Waals surface area contributed by atoms with E-state index in [4.69, 9.17) is 4.55 Å². The van der Waals surface area contributed by atoms with E-state index >= 15 is 0 Å². The minimum Gasteiger partial charge on any atom is -0.477 e. The van der Waals surface area contributed by atoms with Crippen LogP contribution in [0.3, 0.4) is 0 Å². The molecule has 0 bridgehead atoms. The van der Waals surface area contributed by atoms with E-state index in [2.05, 4.69) is 6.92 Å². The normalized spacial score (nSPS) is 15.9. The molecule has 0 aliphatic heterocycles. The van der Waals surface area contributed by atoms with Gasteiger partial charge in [-0.2, -0.15) is 8.42 Å². The Morgan fingerprint density at radius 1 is 0.964 bits per heavy atom. The second kappa shape index (κ2) is 12.8. The number of quaternary nitrogens is 1. The van der Waals surface area contributed by atoms with Gasteiger partial charge < -0.3 is 9.59 Å². The van der Waals surface area contributed by atoms with Gasteiger partial charge in [-0.1, -0.05) is 64.7 Å². The molecule has 2 N–H and O–H groups in total. The average molecular weight is 423 g/mol. The first kappa shape index (κ1) is 27.3. The van der Waals surface area contributed by atoms with Crippen LogP contribution in [-0.4, -0.2) is 60.0 Å². The summed E-state index contributed by atoms with van der Waals surface area (Å²) in [7, 11) is -0.495. The number of unbranched alkanes of at least 4 members (excludes halogenated alkanes) is 9. The van der Waals surface area contributed by atoms with Crippen molar-refractivity contribution in [1.29, 1.82) is 0 Å². The van der Waals surface area contributed by atoms with E-state index in [1.807, 2.05) is 21.0 Å². The molecule has 0 rings (SSSR count). The summed E-state index contributed by atoms with van der Waals surface area (Å²) in [5, 5.41) is 9.77. The predicted octanol–water partition coefficient (Wildman–Crippen LogP) is 4.88. The van der Waals surface area contributed by atoms with Gasteiger partial charge in [-0.15, -0.1) is 0 Å².